The zero-order chi connectivity index (χ0) is 9.42. The first-order chi connectivity index (χ1) is 6.16. The van der Waals surface area contributed by atoms with E-state index in [4.69, 9.17) is 0 Å². The van der Waals surface area contributed by atoms with Crippen molar-refractivity contribution in [2.24, 2.45) is 5.92 Å². The minimum absolute atomic E-state index is 0.682. The quantitative estimate of drug-likeness (QED) is 0.695. The highest BCUT2D eigenvalue weighted by Gasteiger charge is 2.36. The highest BCUT2D eigenvalue weighted by Crippen LogP contribution is 2.34. The van der Waals surface area contributed by atoms with Crippen LogP contribution in [0.2, 0.25) is 0 Å². The van der Waals surface area contributed by atoms with Gasteiger partial charge in [0.1, 0.15) is 0 Å². The molecule has 2 heteroatoms. The molecule has 0 radical (unpaired) electrons. The standard InChI is InChI=1S/C11H22N2/c1-8(2)13-6-9(3)12-11(7-13)10-4-5-10/h8-12H,4-7H2,1-3H3/t9-,11+/m1/s1. The Morgan fingerprint density at radius 1 is 1.23 bits per heavy atom. The summed E-state index contributed by atoms with van der Waals surface area (Å²) in [6.07, 6.45) is 2.91. The van der Waals surface area contributed by atoms with Gasteiger partial charge in [0.2, 0.25) is 0 Å². The third-order valence-corrected chi connectivity index (χ3v) is 3.36. The van der Waals surface area contributed by atoms with Crippen molar-refractivity contribution in [2.75, 3.05) is 13.1 Å². The van der Waals surface area contributed by atoms with Gasteiger partial charge in [-0.1, -0.05) is 0 Å². The molecule has 0 bridgehead atoms. The molecule has 1 heterocycles. The van der Waals surface area contributed by atoms with Gasteiger partial charge >= 0.3 is 0 Å². The van der Waals surface area contributed by atoms with Crippen LogP contribution in [0.5, 0.6) is 0 Å². The topological polar surface area (TPSA) is 15.3 Å². The normalized spacial score (nSPS) is 36.9. The Labute approximate surface area is 81.7 Å². The zero-order valence-corrected chi connectivity index (χ0v) is 9.09. The van der Waals surface area contributed by atoms with E-state index in [1.54, 1.807) is 0 Å². The average molecular weight is 182 g/mol. The molecule has 1 saturated heterocycles. The van der Waals surface area contributed by atoms with Crippen molar-refractivity contribution in [3.8, 4) is 0 Å². The van der Waals surface area contributed by atoms with E-state index in [-0.39, 0.29) is 0 Å². The van der Waals surface area contributed by atoms with Gasteiger partial charge in [-0.3, -0.25) is 4.90 Å². The molecule has 76 valence electrons. The predicted octanol–water partition coefficient (Wildman–Crippen LogP) is 1.47. The molecule has 1 aliphatic carbocycles. The molecule has 1 aliphatic heterocycles. The van der Waals surface area contributed by atoms with Gasteiger partial charge in [0, 0.05) is 31.2 Å². The third-order valence-electron chi connectivity index (χ3n) is 3.36. The molecule has 0 spiro atoms. The molecule has 0 aromatic carbocycles. The lowest BCUT2D eigenvalue weighted by molar-refractivity contribution is 0.125. The van der Waals surface area contributed by atoms with Crippen LogP contribution in [0.1, 0.15) is 33.6 Å². The van der Waals surface area contributed by atoms with Crippen LogP contribution in [0.25, 0.3) is 0 Å². The fourth-order valence-electron chi connectivity index (χ4n) is 2.36. The lowest BCUT2D eigenvalue weighted by Crippen LogP contribution is -2.57. The minimum Gasteiger partial charge on any atom is -0.309 e. The number of nitrogens with one attached hydrogen (secondary N) is 1. The molecule has 0 amide bonds. The van der Waals surface area contributed by atoms with E-state index in [2.05, 4.69) is 31.0 Å². The largest absolute Gasteiger partial charge is 0.309 e. The first-order valence-corrected chi connectivity index (χ1v) is 5.67. The van der Waals surface area contributed by atoms with Crippen LogP contribution in [-0.2, 0) is 0 Å². The number of hydrogen-bond donors (Lipinski definition) is 1. The molecular weight excluding hydrogens is 160 g/mol. The monoisotopic (exact) mass is 182 g/mol. The van der Waals surface area contributed by atoms with E-state index < -0.39 is 0 Å². The number of piperazine rings is 1. The molecule has 1 saturated carbocycles. The van der Waals surface area contributed by atoms with Crippen molar-refractivity contribution in [3.63, 3.8) is 0 Å². The maximum absolute atomic E-state index is 3.72. The Morgan fingerprint density at radius 2 is 1.92 bits per heavy atom. The lowest BCUT2D eigenvalue weighted by Gasteiger charge is -2.40. The van der Waals surface area contributed by atoms with Gasteiger partial charge in [0.05, 0.1) is 0 Å². The van der Waals surface area contributed by atoms with Gasteiger partial charge in [-0.2, -0.15) is 0 Å². The highest BCUT2D eigenvalue weighted by molar-refractivity contribution is 4.94. The summed E-state index contributed by atoms with van der Waals surface area (Å²) in [5.74, 6) is 0.990. The Morgan fingerprint density at radius 3 is 2.46 bits per heavy atom. The third kappa shape index (κ3) is 2.23. The summed E-state index contributed by atoms with van der Waals surface area (Å²) in [4.78, 5) is 2.62. The fourth-order valence-corrected chi connectivity index (χ4v) is 2.36. The van der Waals surface area contributed by atoms with Crippen LogP contribution in [0, 0.1) is 5.92 Å². The highest BCUT2D eigenvalue weighted by atomic mass is 15.2. The summed E-state index contributed by atoms with van der Waals surface area (Å²) >= 11 is 0. The molecule has 2 fully saturated rings. The Kier molecular flexibility index (Phi) is 2.61. The van der Waals surface area contributed by atoms with Crippen LogP contribution in [-0.4, -0.2) is 36.1 Å². The summed E-state index contributed by atoms with van der Waals surface area (Å²) in [6, 6.07) is 2.18. The maximum Gasteiger partial charge on any atom is 0.0226 e. The second-order valence-electron chi connectivity index (χ2n) is 5.06. The number of nitrogens with zero attached hydrogens (tertiary/aromatic N) is 1. The first-order valence-electron chi connectivity index (χ1n) is 5.67. The summed E-state index contributed by atoms with van der Waals surface area (Å²) in [6.45, 7) is 9.42. The van der Waals surface area contributed by atoms with Gasteiger partial charge in [-0.15, -0.1) is 0 Å². The zero-order valence-electron chi connectivity index (χ0n) is 9.09. The van der Waals surface area contributed by atoms with Crippen molar-refractivity contribution in [2.45, 2.75) is 51.7 Å². The van der Waals surface area contributed by atoms with Crippen molar-refractivity contribution >= 4 is 0 Å². The van der Waals surface area contributed by atoms with E-state index >= 15 is 0 Å². The van der Waals surface area contributed by atoms with Crippen LogP contribution in [0.4, 0.5) is 0 Å². The lowest BCUT2D eigenvalue weighted by atomic mass is 10.1. The molecule has 0 aromatic heterocycles. The van der Waals surface area contributed by atoms with Gasteiger partial charge in [-0.25, -0.2) is 0 Å². The summed E-state index contributed by atoms with van der Waals surface area (Å²) in [5, 5.41) is 3.72. The van der Waals surface area contributed by atoms with Crippen LogP contribution < -0.4 is 5.32 Å². The maximum atomic E-state index is 3.72. The van der Waals surface area contributed by atoms with E-state index in [1.165, 1.54) is 25.9 Å². The van der Waals surface area contributed by atoms with E-state index in [0.717, 1.165) is 12.0 Å². The predicted molar refractivity (Wildman–Crippen MR) is 55.8 cm³/mol. The van der Waals surface area contributed by atoms with Crippen LogP contribution >= 0.6 is 0 Å². The molecule has 2 rings (SSSR count). The minimum atomic E-state index is 0.682. The smallest absolute Gasteiger partial charge is 0.0226 e. The van der Waals surface area contributed by atoms with Crippen molar-refractivity contribution in [3.05, 3.63) is 0 Å². The van der Waals surface area contributed by atoms with E-state index in [1.807, 2.05) is 0 Å². The van der Waals surface area contributed by atoms with E-state index in [0.29, 0.717) is 12.1 Å². The number of hydrogen-bond acceptors (Lipinski definition) is 2. The van der Waals surface area contributed by atoms with Crippen molar-refractivity contribution in [1.82, 2.24) is 10.2 Å². The molecule has 1 N–H and O–H groups in total. The van der Waals surface area contributed by atoms with Gasteiger partial charge < -0.3 is 5.32 Å². The molecule has 2 aliphatic rings. The molecule has 0 aromatic rings. The Hall–Kier alpha value is -0.0800. The summed E-state index contributed by atoms with van der Waals surface area (Å²) < 4.78 is 0. The van der Waals surface area contributed by atoms with Gasteiger partial charge in [-0.05, 0) is 39.5 Å². The summed E-state index contributed by atoms with van der Waals surface area (Å²) in [7, 11) is 0. The molecule has 13 heavy (non-hydrogen) atoms. The SMILES string of the molecule is CC(C)N1C[C@@H](C)N[C@H](C2CC2)C1. The van der Waals surface area contributed by atoms with Crippen LogP contribution in [0.15, 0.2) is 0 Å². The van der Waals surface area contributed by atoms with Crippen molar-refractivity contribution in [1.29, 1.82) is 0 Å². The van der Waals surface area contributed by atoms with Gasteiger partial charge in [0.25, 0.3) is 0 Å². The molecule has 0 unspecified atom stereocenters. The summed E-state index contributed by atoms with van der Waals surface area (Å²) in [5.41, 5.74) is 0. The van der Waals surface area contributed by atoms with E-state index in [9.17, 15) is 0 Å². The second kappa shape index (κ2) is 3.58. The van der Waals surface area contributed by atoms with Crippen LogP contribution in [0.3, 0.4) is 0 Å². The number of rotatable bonds is 2. The Bertz CT molecular complexity index is 165. The first kappa shape index (κ1) is 9.47. The molecule has 2 atom stereocenters. The Balaban J connectivity index is 1.92. The van der Waals surface area contributed by atoms with Gasteiger partial charge in [0.15, 0.2) is 0 Å². The second-order valence-corrected chi connectivity index (χ2v) is 5.06. The molecular formula is C11H22N2. The van der Waals surface area contributed by atoms with Crippen molar-refractivity contribution < 1.29 is 0 Å². The fraction of sp³-hybridized carbons (Fsp3) is 1.00. The molecule has 2 nitrogen and oxygen atoms in total. The average Bonchev–Trinajstić information content (AvgIpc) is 2.85.